The van der Waals surface area contributed by atoms with E-state index in [1.165, 1.54) is 24.3 Å². The van der Waals surface area contributed by atoms with Gasteiger partial charge < -0.3 is 11.1 Å². The van der Waals surface area contributed by atoms with Crippen LogP contribution < -0.4 is 11.1 Å². The minimum absolute atomic E-state index is 0.0893. The Morgan fingerprint density at radius 3 is 2.65 bits per heavy atom. The standard InChI is InChI=1S/C14H14FN3O2/c1-9(10-3-2-4-11(15)7-10)17-12-5-6-14(18(19)20)13(16)8-12/h2-9,17H,16H2,1H3. The summed E-state index contributed by atoms with van der Waals surface area (Å²) in [4.78, 5) is 10.1. The van der Waals surface area contributed by atoms with Crippen molar-refractivity contribution in [2.45, 2.75) is 13.0 Å². The Hall–Kier alpha value is -2.63. The number of nitrogens with one attached hydrogen (secondary N) is 1. The fourth-order valence-corrected chi connectivity index (χ4v) is 1.92. The van der Waals surface area contributed by atoms with Gasteiger partial charge in [0, 0.05) is 17.8 Å². The summed E-state index contributed by atoms with van der Waals surface area (Å²) in [6.45, 7) is 1.87. The van der Waals surface area contributed by atoms with Gasteiger partial charge in [-0.3, -0.25) is 10.1 Å². The second-order valence-corrected chi connectivity index (χ2v) is 4.45. The zero-order valence-corrected chi connectivity index (χ0v) is 10.8. The fourth-order valence-electron chi connectivity index (χ4n) is 1.92. The molecule has 0 aromatic heterocycles. The largest absolute Gasteiger partial charge is 0.393 e. The van der Waals surface area contributed by atoms with Gasteiger partial charge in [0.2, 0.25) is 0 Å². The third-order valence-corrected chi connectivity index (χ3v) is 2.96. The molecule has 5 nitrogen and oxygen atoms in total. The van der Waals surface area contributed by atoms with E-state index in [1.807, 2.05) is 6.92 Å². The summed E-state index contributed by atoms with van der Waals surface area (Å²) in [6.07, 6.45) is 0. The molecular formula is C14H14FN3O2. The van der Waals surface area contributed by atoms with Crippen LogP contribution in [0.1, 0.15) is 18.5 Å². The molecule has 2 aromatic carbocycles. The van der Waals surface area contributed by atoms with Crippen molar-refractivity contribution in [1.82, 2.24) is 0 Å². The number of nitrogens with zero attached hydrogens (tertiary/aromatic N) is 1. The second-order valence-electron chi connectivity index (χ2n) is 4.45. The molecule has 0 amide bonds. The predicted octanol–water partition coefficient (Wildman–Crippen LogP) is 3.49. The van der Waals surface area contributed by atoms with E-state index in [2.05, 4.69) is 5.32 Å². The number of nitrogen functional groups attached to an aromatic ring is 1. The van der Waals surface area contributed by atoms with Gasteiger partial charge in [0.1, 0.15) is 11.5 Å². The maximum absolute atomic E-state index is 13.1. The molecule has 0 heterocycles. The zero-order valence-electron chi connectivity index (χ0n) is 10.8. The smallest absolute Gasteiger partial charge is 0.292 e. The molecule has 0 spiro atoms. The quantitative estimate of drug-likeness (QED) is 0.508. The highest BCUT2D eigenvalue weighted by atomic mass is 19.1. The van der Waals surface area contributed by atoms with Crippen molar-refractivity contribution < 1.29 is 9.31 Å². The maximum Gasteiger partial charge on any atom is 0.292 e. The summed E-state index contributed by atoms with van der Waals surface area (Å²) >= 11 is 0. The third-order valence-electron chi connectivity index (χ3n) is 2.96. The SMILES string of the molecule is CC(Nc1ccc([N+](=O)[O-])c(N)c1)c1cccc(F)c1. The Morgan fingerprint density at radius 1 is 1.30 bits per heavy atom. The molecule has 0 bridgehead atoms. The maximum atomic E-state index is 13.1. The van der Waals surface area contributed by atoms with Gasteiger partial charge in [0.15, 0.2) is 0 Å². The molecule has 0 saturated carbocycles. The Balaban J connectivity index is 2.18. The summed E-state index contributed by atoms with van der Waals surface area (Å²) in [7, 11) is 0. The lowest BCUT2D eigenvalue weighted by Crippen LogP contribution is -2.07. The first-order valence-electron chi connectivity index (χ1n) is 6.03. The molecule has 0 aliphatic rings. The lowest BCUT2D eigenvalue weighted by atomic mass is 10.1. The minimum atomic E-state index is -0.533. The number of benzene rings is 2. The lowest BCUT2D eigenvalue weighted by molar-refractivity contribution is -0.383. The van der Waals surface area contributed by atoms with E-state index in [0.29, 0.717) is 5.69 Å². The predicted molar refractivity (Wildman–Crippen MR) is 75.9 cm³/mol. The first-order valence-corrected chi connectivity index (χ1v) is 6.03. The minimum Gasteiger partial charge on any atom is -0.393 e. The molecule has 0 aliphatic carbocycles. The zero-order chi connectivity index (χ0) is 14.7. The Morgan fingerprint density at radius 2 is 2.05 bits per heavy atom. The number of anilines is 2. The molecule has 6 heteroatoms. The average Bonchev–Trinajstić information content (AvgIpc) is 2.38. The molecule has 20 heavy (non-hydrogen) atoms. The number of halogens is 1. The van der Waals surface area contributed by atoms with E-state index in [9.17, 15) is 14.5 Å². The summed E-state index contributed by atoms with van der Waals surface area (Å²) in [5, 5.41) is 13.8. The molecule has 3 N–H and O–H groups in total. The van der Waals surface area contributed by atoms with E-state index in [1.54, 1.807) is 18.2 Å². The third kappa shape index (κ3) is 3.03. The van der Waals surface area contributed by atoms with Crippen LogP contribution in [0.3, 0.4) is 0 Å². The van der Waals surface area contributed by atoms with E-state index < -0.39 is 4.92 Å². The molecule has 0 saturated heterocycles. The second kappa shape index (κ2) is 5.56. The van der Waals surface area contributed by atoms with Gasteiger partial charge in [-0.05, 0) is 36.8 Å². The first-order chi connectivity index (χ1) is 9.47. The molecule has 2 rings (SSSR count). The molecule has 2 aromatic rings. The highest BCUT2D eigenvalue weighted by Gasteiger charge is 2.12. The molecule has 1 atom stereocenters. The van der Waals surface area contributed by atoms with Crippen molar-refractivity contribution in [2.75, 3.05) is 11.1 Å². The van der Waals surface area contributed by atoms with E-state index in [4.69, 9.17) is 5.73 Å². The molecular weight excluding hydrogens is 261 g/mol. The number of nitro groups is 1. The molecule has 104 valence electrons. The van der Waals surface area contributed by atoms with Crippen LogP contribution in [0, 0.1) is 15.9 Å². The number of nitrogens with two attached hydrogens (primary N) is 1. The topological polar surface area (TPSA) is 81.2 Å². The van der Waals surface area contributed by atoms with Gasteiger partial charge in [-0.1, -0.05) is 12.1 Å². The monoisotopic (exact) mass is 275 g/mol. The summed E-state index contributed by atoms with van der Waals surface area (Å²) in [5.74, 6) is -0.306. The van der Waals surface area contributed by atoms with Gasteiger partial charge in [0.05, 0.1) is 4.92 Å². The van der Waals surface area contributed by atoms with Crippen molar-refractivity contribution in [2.24, 2.45) is 0 Å². The van der Waals surface area contributed by atoms with Crippen LogP contribution >= 0.6 is 0 Å². The van der Waals surface area contributed by atoms with Crippen molar-refractivity contribution in [3.05, 3.63) is 64.0 Å². The highest BCUT2D eigenvalue weighted by molar-refractivity contribution is 5.66. The van der Waals surface area contributed by atoms with Crippen LogP contribution in [0.4, 0.5) is 21.5 Å². The van der Waals surface area contributed by atoms with E-state index in [-0.39, 0.29) is 23.2 Å². The lowest BCUT2D eigenvalue weighted by Gasteiger charge is -2.16. The van der Waals surface area contributed by atoms with Crippen molar-refractivity contribution in [1.29, 1.82) is 0 Å². The fraction of sp³-hybridized carbons (Fsp3) is 0.143. The molecule has 1 unspecified atom stereocenters. The Kier molecular flexibility index (Phi) is 3.84. The molecule has 0 aliphatic heterocycles. The molecule has 0 radical (unpaired) electrons. The van der Waals surface area contributed by atoms with Gasteiger partial charge in [-0.2, -0.15) is 0 Å². The van der Waals surface area contributed by atoms with E-state index in [0.717, 1.165) is 5.56 Å². The van der Waals surface area contributed by atoms with Gasteiger partial charge >= 0.3 is 0 Å². The summed E-state index contributed by atoms with van der Waals surface area (Å²) in [5.41, 5.74) is 7.00. The van der Waals surface area contributed by atoms with E-state index >= 15 is 0 Å². The highest BCUT2D eigenvalue weighted by Crippen LogP contribution is 2.27. The Bertz CT molecular complexity index is 646. The van der Waals surface area contributed by atoms with Gasteiger partial charge in [-0.15, -0.1) is 0 Å². The van der Waals surface area contributed by atoms with Crippen LogP contribution in [0.15, 0.2) is 42.5 Å². The van der Waals surface area contributed by atoms with Crippen molar-refractivity contribution in [3.63, 3.8) is 0 Å². The van der Waals surface area contributed by atoms with Crippen LogP contribution in [-0.2, 0) is 0 Å². The normalized spacial score (nSPS) is 11.9. The Labute approximate surface area is 115 Å². The van der Waals surface area contributed by atoms with Gasteiger partial charge in [0.25, 0.3) is 5.69 Å². The number of hydrogen-bond donors (Lipinski definition) is 2. The first kappa shape index (κ1) is 13.8. The summed E-state index contributed by atoms with van der Waals surface area (Å²) < 4.78 is 13.1. The molecule has 0 fully saturated rings. The number of rotatable bonds is 4. The van der Waals surface area contributed by atoms with Crippen LogP contribution in [0.25, 0.3) is 0 Å². The van der Waals surface area contributed by atoms with Crippen LogP contribution in [-0.4, -0.2) is 4.92 Å². The average molecular weight is 275 g/mol. The van der Waals surface area contributed by atoms with Crippen LogP contribution in [0.2, 0.25) is 0 Å². The van der Waals surface area contributed by atoms with Crippen molar-refractivity contribution >= 4 is 17.1 Å². The number of hydrogen-bond acceptors (Lipinski definition) is 4. The van der Waals surface area contributed by atoms with Crippen molar-refractivity contribution in [3.8, 4) is 0 Å². The van der Waals surface area contributed by atoms with Crippen LogP contribution in [0.5, 0.6) is 0 Å². The van der Waals surface area contributed by atoms with Gasteiger partial charge in [-0.25, -0.2) is 4.39 Å². The summed E-state index contributed by atoms with van der Waals surface area (Å²) in [6, 6.07) is 10.5. The number of nitro benzene ring substituents is 1.